The van der Waals surface area contributed by atoms with Crippen molar-refractivity contribution in [2.75, 3.05) is 6.61 Å². The summed E-state index contributed by atoms with van der Waals surface area (Å²) >= 11 is 0. The van der Waals surface area contributed by atoms with Crippen LogP contribution >= 0.6 is 0 Å². The van der Waals surface area contributed by atoms with Crippen LogP contribution in [0.25, 0.3) is 0 Å². The Kier molecular flexibility index (Phi) is 3.79. The first-order valence-corrected chi connectivity index (χ1v) is 6.41. The van der Waals surface area contributed by atoms with E-state index in [2.05, 4.69) is 10.1 Å². The zero-order valence-corrected chi connectivity index (χ0v) is 10.6. The van der Waals surface area contributed by atoms with Crippen molar-refractivity contribution >= 4 is 0 Å². The van der Waals surface area contributed by atoms with Gasteiger partial charge in [-0.15, -0.1) is 0 Å². The van der Waals surface area contributed by atoms with Gasteiger partial charge in [-0.05, 0) is 25.7 Å². The number of hydrogen-bond acceptors (Lipinski definition) is 5. The SMILES string of the molecule is CCC(N)(CC)c1noc(CC2CCCO2)n1. The third-order valence-electron chi connectivity index (χ3n) is 3.60. The largest absolute Gasteiger partial charge is 0.378 e. The maximum Gasteiger partial charge on any atom is 0.229 e. The standard InChI is InChI=1S/C12H21N3O2/c1-3-12(13,4-2)11-14-10(17-15-11)8-9-6-5-7-16-9/h9H,3-8,13H2,1-2H3. The highest BCUT2D eigenvalue weighted by Crippen LogP contribution is 2.24. The van der Waals surface area contributed by atoms with Crippen LogP contribution in [-0.2, 0) is 16.7 Å². The van der Waals surface area contributed by atoms with Crippen molar-refractivity contribution in [1.29, 1.82) is 0 Å². The number of rotatable bonds is 5. The van der Waals surface area contributed by atoms with Gasteiger partial charge in [0.05, 0.1) is 18.1 Å². The molecule has 0 amide bonds. The van der Waals surface area contributed by atoms with Gasteiger partial charge in [0.15, 0.2) is 5.82 Å². The molecule has 17 heavy (non-hydrogen) atoms. The Hall–Kier alpha value is -0.940. The van der Waals surface area contributed by atoms with Crippen molar-refractivity contribution in [3.05, 3.63) is 11.7 Å². The van der Waals surface area contributed by atoms with Crippen LogP contribution in [0.2, 0.25) is 0 Å². The van der Waals surface area contributed by atoms with Crippen LogP contribution in [0.15, 0.2) is 4.52 Å². The van der Waals surface area contributed by atoms with Crippen molar-refractivity contribution < 1.29 is 9.26 Å². The number of hydrogen-bond donors (Lipinski definition) is 1. The van der Waals surface area contributed by atoms with Gasteiger partial charge in [-0.1, -0.05) is 19.0 Å². The molecular weight excluding hydrogens is 218 g/mol. The van der Waals surface area contributed by atoms with Gasteiger partial charge in [0.1, 0.15) is 0 Å². The fraction of sp³-hybridized carbons (Fsp3) is 0.833. The molecule has 0 spiro atoms. The Balaban J connectivity index is 2.04. The lowest BCUT2D eigenvalue weighted by Gasteiger charge is -2.21. The van der Waals surface area contributed by atoms with E-state index in [0.29, 0.717) is 18.1 Å². The second-order valence-electron chi connectivity index (χ2n) is 4.71. The van der Waals surface area contributed by atoms with E-state index < -0.39 is 5.54 Å². The zero-order valence-electron chi connectivity index (χ0n) is 10.6. The third kappa shape index (κ3) is 2.66. The van der Waals surface area contributed by atoms with Gasteiger partial charge in [0, 0.05) is 6.61 Å². The van der Waals surface area contributed by atoms with Crippen molar-refractivity contribution in [2.24, 2.45) is 5.73 Å². The lowest BCUT2D eigenvalue weighted by molar-refractivity contribution is 0.104. The van der Waals surface area contributed by atoms with E-state index in [9.17, 15) is 0 Å². The van der Waals surface area contributed by atoms with Gasteiger partial charge in [-0.3, -0.25) is 0 Å². The molecule has 1 unspecified atom stereocenters. The molecule has 2 heterocycles. The Labute approximate surface area is 102 Å². The van der Waals surface area contributed by atoms with E-state index in [-0.39, 0.29) is 6.10 Å². The van der Waals surface area contributed by atoms with Crippen molar-refractivity contribution in [3.8, 4) is 0 Å². The summed E-state index contributed by atoms with van der Waals surface area (Å²) in [5.74, 6) is 1.26. The minimum Gasteiger partial charge on any atom is -0.378 e. The number of aromatic nitrogens is 2. The number of nitrogens with two attached hydrogens (primary N) is 1. The highest BCUT2D eigenvalue weighted by molar-refractivity contribution is 5.03. The number of ether oxygens (including phenoxy) is 1. The molecule has 1 aromatic heterocycles. The normalized spacial score (nSPS) is 21.0. The van der Waals surface area contributed by atoms with Crippen molar-refractivity contribution in [1.82, 2.24) is 10.1 Å². The quantitative estimate of drug-likeness (QED) is 0.847. The number of nitrogens with zero attached hydrogens (tertiary/aromatic N) is 2. The molecule has 1 fully saturated rings. The zero-order chi connectivity index (χ0) is 12.3. The topological polar surface area (TPSA) is 74.2 Å². The van der Waals surface area contributed by atoms with E-state index in [1.54, 1.807) is 0 Å². The molecule has 2 N–H and O–H groups in total. The predicted octanol–water partition coefficient (Wildman–Crippen LogP) is 1.77. The Morgan fingerprint density at radius 3 is 2.76 bits per heavy atom. The second kappa shape index (κ2) is 5.14. The first-order chi connectivity index (χ1) is 8.18. The summed E-state index contributed by atoms with van der Waals surface area (Å²) < 4.78 is 10.8. The van der Waals surface area contributed by atoms with Gasteiger partial charge in [0.25, 0.3) is 0 Å². The van der Waals surface area contributed by atoms with E-state index in [4.69, 9.17) is 15.0 Å². The molecule has 0 aromatic carbocycles. The van der Waals surface area contributed by atoms with E-state index in [1.165, 1.54) is 0 Å². The molecule has 1 atom stereocenters. The second-order valence-corrected chi connectivity index (χ2v) is 4.71. The van der Waals surface area contributed by atoms with Crippen LogP contribution in [0, 0.1) is 0 Å². The van der Waals surface area contributed by atoms with Crippen LogP contribution in [-0.4, -0.2) is 22.9 Å². The molecule has 1 aliphatic heterocycles. The molecule has 1 aliphatic rings. The maximum absolute atomic E-state index is 6.22. The molecule has 1 aromatic rings. The summed E-state index contributed by atoms with van der Waals surface area (Å²) in [7, 11) is 0. The van der Waals surface area contributed by atoms with Crippen LogP contribution in [0.3, 0.4) is 0 Å². The molecular formula is C12H21N3O2. The van der Waals surface area contributed by atoms with Gasteiger partial charge in [0.2, 0.25) is 5.89 Å². The molecule has 0 bridgehead atoms. The summed E-state index contributed by atoms with van der Waals surface area (Å²) in [6.07, 6.45) is 4.75. The van der Waals surface area contributed by atoms with Crippen LogP contribution in [0.4, 0.5) is 0 Å². The Morgan fingerprint density at radius 1 is 1.41 bits per heavy atom. The fourth-order valence-corrected chi connectivity index (χ4v) is 2.11. The van der Waals surface area contributed by atoms with E-state index in [0.717, 1.165) is 32.3 Å². The van der Waals surface area contributed by atoms with Crippen molar-refractivity contribution in [2.45, 2.75) is 57.6 Å². The first kappa shape index (κ1) is 12.5. The maximum atomic E-state index is 6.22. The average Bonchev–Trinajstić information content (AvgIpc) is 3.00. The summed E-state index contributed by atoms with van der Waals surface area (Å²) in [5, 5.41) is 4.01. The molecule has 0 aliphatic carbocycles. The monoisotopic (exact) mass is 239 g/mol. The first-order valence-electron chi connectivity index (χ1n) is 6.41. The van der Waals surface area contributed by atoms with Crippen molar-refractivity contribution in [3.63, 3.8) is 0 Å². The Morgan fingerprint density at radius 2 is 2.18 bits per heavy atom. The summed E-state index contributed by atoms with van der Waals surface area (Å²) in [5.41, 5.74) is 5.76. The molecule has 5 nitrogen and oxygen atoms in total. The molecule has 0 radical (unpaired) electrons. The third-order valence-corrected chi connectivity index (χ3v) is 3.60. The minimum absolute atomic E-state index is 0.235. The highest BCUT2D eigenvalue weighted by atomic mass is 16.5. The molecule has 5 heteroatoms. The Bertz CT molecular complexity index is 354. The predicted molar refractivity (Wildman–Crippen MR) is 63.4 cm³/mol. The lowest BCUT2D eigenvalue weighted by atomic mass is 9.93. The molecule has 0 saturated carbocycles. The van der Waals surface area contributed by atoms with Crippen LogP contribution in [0.5, 0.6) is 0 Å². The van der Waals surface area contributed by atoms with Crippen LogP contribution < -0.4 is 5.73 Å². The molecule has 96 valence electrons. The smallest absolute Gasteiger partial charge is 0.229 e. The van der Waals surface area contributed by atoms with Gasteiger partial charge >= 0.3 is 0 Å². The van der Waals surface area contributed by atoms with E-state index >= 15 is 0 Å². The fourth-order valence-electron chi connectivity index (χ4n) is 2.11. The molecule has 2 rings (SSSR count). The summed E-state index contributed by atoms with van der Waals surface area (Å²) in [4.78, 5) is 4.40. The summed E-state index contributed by atoms with van der Waals surface area (Å²) in [6, 6.07) is 0. The van der Waals surface area contributed by atoms with Crippen LogP contribution in [0.1, 0.15) is 51.2 Å². The lowest BCUT2D eigenvalue weighted by Crippen LogP contribution is -2.36. The van der Waals surface area contributed by atoms with Gasteiger partial charge < -0.3 is 15.0 Å². The summed E-state index contributed by atoms with van der Waals surface area (Å²) in [6.45, 7) is 4.93. The average molecular weight is 239 g/mol. The van der Waals surface area contributed by atoms with Gasteiger partial charge in [-0.25, -0.2) is 0 Å². The highest BCUT2D eigenvalue weighted by Gasteiger charge is 2.29. The van der Waals surface area contributed by atoms with E-state index in [1.807, 2.05) is 13.8 Å². The minimum atomic E-state index is -0.460. The van der Waals surface area contributed by atoms with Gasteiger partial charge in [-0.2, -0.15) is 4.98 Å². The molecule has 1 saturated heterocycles.